The highest BCUT2D eigenvalue weighted by Gasteiger charge is 2.12. The van der Waals surface area contributed by atoms with Crippen molar-refractivity contribution in [2.24, 2.45) is 0 Å². The fourth-order valence-corrected chi connectivity index (χ4v) is 3.30. The van der Waals surface area contributed by atoms with Gasteiger partial charge >= 0.3 is 0 Å². The highest BCUT2D eigenvalue weighted by molar-refractivity contribution is 7.22. The first-order chi connectivity index (χ1) is 10.5. The topological polar surface area (TPSA) is 42.0 Å². The van der Waals surface area contributed by atoms with Gasteiger partial charge in [0, 0.05) is 5.56 Å². The zero-order chi connectivity index (χ0) is 15.9. The second-order valence-electron chi connectivity index (χ2n) is 4.96. The second-order valence-corrected chi connectivity index (χ2v) is 6.80. The number of hydrogen-bond donors (Lipinski definition) is 1. The van der Waals surface area contributed by atoms with Gasteiger partial charge in [0.25, 0.3) is 5.91 Å². The van der Waals surface area contributed by atoms with Crippen LogP contribution in [0.5, 0.6) is 0 Å². The van der Waals surface area contributed by atoms with Crippen molar-refractivity contribution in [3.8, 4) is 0 Å². The van der Waals surface area contributed by atoms with E-state index in [1.807, 2.05) is 19.9 Å². The molecule has 112 valence electrons. The van der Waals surface area contributed by atoms with Gasteiger partial charge in [-0.25, -0.2) is 4.98 Å². The lowest BCUT2D eigenvalue weighted by Crippen LogP contribution is -2.11. The molecular formula is C16H12Cl2N2OS. The molecule has 0 saturated heterocycles. The molecule has 0 bridgehead atoms. The molecular weight excluding hydrogens is 339 g/mol. The summed E-state index contributed by atoms with van der Waals surface area (Å²) in [6, 6.07) is 8.85. The van der Waals surface area contributed by atoms with Crippen LogP contribution >= 0.6 is 34.5 Å². The lowest BCUT2D eigenvalue weighted by atomic mass is 10.1. The highest BCUT2D eigenvalue weighted by Crippen LogP contribution is 2.30. The molecule has 3 rings (SSSR count). The number of aryl methyl sites for hydroxylation is 2. The molecule has 0 radical (unpaired) electrons. The zero-order valence-electron chi connectivity index (χ0n) is 11.9. The lowest BCUT2D eigenvalue weighted by molar-refractivity contribution is 0.102. The number of nitrogens with zero attached hydrogens (tertiary/aromatic N) is 1. The molecule has 0 atom stereocenters. The van der Waals surface area contributed by atoms with Crippen LogP contribution in [-0.2, 0) is 0 Å². The number of rotatable bonds is 2. The van der Waals surface area contributed by atoms with Crippen LogP contribution in [0.15, 0.2) is 30.3 Å². The van der Waals surface area contributed by atoms with Crippen molar-refractivity contribution < 1.29 is 4.79 Å². The van der Waals surface area contributed by atoms with E-state index in [0.717, 1.165) is 15.8 Å². The van der Waals surface area contributed by atoms with Crippen LogP contribution in [0.2, 0.25) is 10.0 Å². The van der Waals surface area contributed by atoms with Crippen molar-refractivity contribution in [3.63, 3.8) is 0 Å². The third-order valence-electron chi connectivity index (χ3n) is 3.49. The summed E-state index contributed by atoms with van der Waals surface area (Å²) < 4.78 is 1.05. The molecule has 6 heteroatoms. The number of fused-ring (bicyclic) bond motifs is 1. The Labute approximate surface area is 141 Å². The maximum Gasteiger partial charge on any atom is 0.257 e. The number of hydrogen-bond acceptors (Lipinski definition) is 3. The Balaban J connectivity index is 1.90. The summed E-state index contributed by atoms with van der Waals surface area (Å²) in [6.45, 7) is 4.07. The third kappa shape index (κ3) is 2.82. The minimum Gasteiger partial charge on any atom is -0.298 e. The molecule has 2 aromatic carbocycles. The standard InChI is InChI=1S/C16H12Cl2N2OS/c1-8-3-6-13-14(9(8)2)19-16(22-13)20-15(21)10-4-5-11(17)12(18)7-10/h3-7H,1-2H3,(H,19,20,21). The Morgan fingerprint density at radius 2 is 1.91 bits per heavy atom. The normalized spacial score (nSPS) is 10.9. The van der Waals surface area contributed by atoms with E-state index in [0.29, 0.717) is 20.7 Å². The number of nitrogens with one attached hydrogen (secondary N) is 1. The van der Waals surface area contributed by atoms with Crippen molar-refractivity contribution in [1.82, 2.24) is 4.98 Å². The maximum absolute atomic E-state index is 12.3. The molecule has 0 unspecified atom stereocenters. The summed E-state index contributed by atoms with van der Waals surface area (Å²) in [7, 11) is 0. The molecule has 1 N–H and O–H groups in total. The van der Waals surface area contributed by atoms with Crippen molar-refractivity contribution in [3.05, 3.63) is 57.1 Å². The Hall–Kier alpha value is -1.62. The number of halogens is 2. The number of benzene rings is 2. The summed E-state index contributed by atoms with van der Waals surface area (Å²) in [5, 5.41) is 4.15. The van der Waals surface area contributed by atoms with E-state index in [4.69, 9.17) is 23.2 Å². The van der Waals surface area contributed by atoms with E-state index in [1.165, 1.54) is 16.9 Å². The summed E-state index contributed by atoms with van der Waals surface area (Å²) in [4.78, 5) is 16.8. The van der Waals surface area contributed by atoms with Gasteiger partial charge < -0.3 is 0 Å². The molecule has 0 saturated carbocycles. The van der Waals surface area contributed by atoms with E-state index < -0.39 is 0 Å². The van der Waals surface area contributed by atoms with Crippen LogP contribution in [0.4, 0.5) is 5.13 Å². The minimum absolute atomic E-state index is 0.257. The molecule has 0 fully saturated rings. The van der Waals surface area contributed by atoms with Crippen LogP contribution in [0.25, 0.3) is 10.2 Å². The Bertz CT molecular complexity index is 889. The van der Waals surface area contributed by atoms with Crippen LogP contribution in [0.3, 0.4) is 0 Å². The Kier molecular flexibility index (Phi) is 4.08. The summed E-state index contributed by atoms with van der Waals surface area (Å²) in [6.07, 6.45) is 0. The average molecular weight is 351 g/mol. The molecule has 0 spiro atoms. The fourth-order valence-electron chi connectivity index (χ4n) is 2.09. The molecule has 0 aliphatic rings. The number of carbonyl (C=O) groups is 1. The van der Waals surface area contributed by atoms with E-state index >= 15 is 0 Å². The quantitative estimate of drug-likeness (QED) is 0.665. The van der Waals surface area contributed by atoms with Crippen LogP contribution < -0.4 is 5.32 Å². The number of aromatic nitrogens is 1. The van der Waals surface area contributed by atoms with E-state index in [9.17, 15) is 4.79 Å². The largest absolute Gasteiger partial charge is 0.298 e. The predicted octanol–water partition coefficient (Wildman–Crippen LogP) is 5.47. The minimum atomic E-state index is -0.257. The van der Waals surface area contributed by atoms with Gasteiger partial charge in [-0.2, -0.15) is 0 Å². The summed E-state index contributed by atoms with van der Waals surface area (Å²) >= 11 is 13.2. The van der Waals surface area contributed by atoms with Gasteiger partial charge in [0.05, 0.1) is 20.3 Å². The first-order valence-corrected chi connectivity index (χ1v) is 8.16. The van der Waals surface area contributed by atoms with Gasteiger partial charge in [0.1, 0.15) is 0 Å². The average Bonchev–Trinajstić information content (AvgIpc) is 2.89. The monoisotopic (exact) mass is 350 g/mol. The molecule has 1 amide bonds. The van der Waals surface area contributed by atoms with Gasteiger partial charge in [0.15, 0.2) is 5.13 Å². The molecule has 3 nitrogen and oxygen atoms in total. The van der Waals surface area contributed by atoms with Gasteiger partial charge in [-0.15, -0.1) is 0 Å². The zero-order valence-corrected chi connectivity index (χ0v) is 14.2. The van der Waals surface area contributed by atoms with Crippen LogP contribution in [0, 0.1) is 13.8 Å². The van der Waals surface area contributed by atoms with Gasteiger partial charge in [-0.1, -0.05) is 40.6 Å². The maximum atomic E-state index is 12.3. The molecule has 0 aliphatic carbocycles. The van der Waals surface area contributed by atoms with Crippen LogP contribution in [0.1, 0.15) is 21.5 Å². The van der Waals surface area contributed by atoms with Crippen molar-refractivity contribution in [2.75, 3.05) is 5.32 Å². The molecule has 3 aromatic rings. The Morgan fingerprint density at radius 1 is 1.14 bits per heavy atom. The Morgan fingerprint density at radius 3 is 2.64 bits per heavy atom. The summed E-state index contributed by atoms with van der Waals surface area (Å²) in [5.74, 6) is -0.257. The molecule has 22 heavy (non-hydrogen) atoms. The first kappa shape index (κ1) is 15.3. The van der Waals surface area contributed by atoms with E-state index in [2.05, 4.69) is 16.4 Å². The highest BCUT2D eigenvalue weighted by atomic mass is 35.5. The lowest BCUT2D eigenvalue weighted by Gasteiger charge is -2.03. The third-order valence-corrected chi connectivity index (χ3v) is 5.16. The predicted molar refractivity (Wildman–Crippen MR) is 93.5 cm³/mol. The smallest absolute Gasteiger partial charge is 0.257 e. The molecule has 0 aliphatic heterocycles. The van der Waals surface area contributed by atoms with Gasteiger partial charge in [0.2, 0.25) is 0 Å². The number of amides is 1. The van der Waals surface area contributed by atoms with Crippen molar-refractivity contribution in [1.29, 1.82) is 0 Å². The van der Waals surface area contributed by atoms with Gasteiger partial charge in [-0.05, 0) is 49.2 Å². The van der Waals surface area contributed by atoms with Crippen molar-refractivity contribution in [2.45, 2.75) is 13.8 Å². The van der Waals surface area contributed by atoms with Crippen molar-refractivity contribution >= 4 is 55.8 Å². The van der Waals surface area contributed by atoms with E-state index in [1.54, 1.807) is 18.2 Å². The molecule has 1 heterocycles. The molecule has 1 aromatic heterocycles. The van der Waals surface area contributed by atoms with E-state index in [-0.39, 0.29) is 5.91 Å². The SMILES string of the molecule is Cc1ccc2sc(NC(=O)c3ccc(Cl)c(Cl)c3)nc2c1C. The number of carbonyl (C=O) groups excluding carboxylic acids is 1. The van der Waals surface area contributed by atoms with Crippen LogP contribution in [-0.4, -0.2) is 10.9 Å². The summed E-state index contributed by atoms with van der Waals surface area (Å²) in [5.41, 5.74) is 3.68. The number of thiazole rings is 1. The fraction of sp³-hybridized carbons (Fsp3) is 0.125. The number of anilines is 1. The first-order valence-electron chi connectivity index (χ1n) is 6.59. The van der Waals surface area contributed by atoms with Gasteiger partial charge in [-0.3, -0.25) is 10.1 Å². The second kappa shape index (κ2) is 5.88.